The summed E-state index contributed by atoms with van der Waals surface area (Å²) >= 11 is 5.16. The van der Waals surface area contributed by atoms with Gasteiger partial charge >= 0.3 is 0 Å². The predicted octanol–water partition coefficient (Wildman–Crippen LogP) is 7.21. The minimum atomic E-state index is -1.46. The fraction of sp³-hybridized carbons (Fsp3) is 0.278. The number of ether oxygens (including phenoxy) is 2. The van der Waals surface area contributed by atoms with Gasteiger partial charge in [-0.3, -0.25) is 10.2 Å². The van der Waals surface area contributed by atoms with Crippen molar-refractivity contribution in [3.8, 4) is 5.75 Å². The van der Waals surface area contributed by atoms with E-state index < -0.39 is 11.6 Å². The minimum Gasteiger partial charge on any atom is -0.494 e. The molecule has 10 nitrogen and oxygen atoms in total. The molecule has 0 spiro atoms. The SMILES string of the molecule is [N-]=[N+]=NCc1ccccc1C[C@]1(C(=O)NNCCSCc2ccc(F)cc2)N=C(c2ccc(OCCCO)cc2)O[C@H]1c1ccc(Br)cc1. The van der Waals surface area contributed by atoms with Gasteiger partial charge < -0.3 is 14.6 Å². The lowest BCUT2D eigenvalue weighted by atomic mass is 9.81. The lowest BCUT2D eigenvalue weighted by Crippen LogP contribution is -2.54. The van der Waals surface area contributed by atoms with E-state index in [2.05, 4.69) is 36.8 Å². The number of thioether (sulfide) groups is 1. The number of nitrogens with zero attached hydrogens (tertiary/aromatic N) is 4. The third-order valence-electron chi connectivity index (χ3n) is 7.84. The molecule has 0 aliphatic carbocycles. The van der Waals surface area contributed by atoms with Gasteiger partial charge in [-0.1, -0.05) is 69.6 Å². The molecule has 1 heterocycles. The first kappa shape index (κ1) is 35.9. The van der Waals surface area contributed by atoms with E-state index >= 15 is 0 Å². The van der Waals surface area contributed by atoms with Crippen LogP contribution in [0.4, 0.5) is 4.39 Å². The number of azide groups is 1. The summed E-state index contributed by atoms with van der Waals surface area (Å²) in [5.74, 6) is 1.68. The molecule has 0 fully saturated rings. The average molecular weight is 748 g/mol. The van der Waals surface area contributed by atoms with Crippen molar-refractivity contribution >= 4 is 39.5 Å². The summed E-state index contributed by atoms with van der Waals surface area (Å²) < 4.78 is 26.4. The van der Waals surface area contributed by atoms with Crippen LogP contribution in [-0.2, 0) is 28.2 Å². The number of hydrazine groups is 1. The number of amides is 1. The first-order valence-electron chi connectivity index (χ1n) is 15.7. The van der Waals surface area contributed by atoms with E-state index in [4.69, 9.17) is 25.1 Å². The number of rotatable bonds is 17. The lowest BCUT2D eigenvalue weighted by Gasteiger charge is -2.31. The van der Waals surface area contributed by atoms with Gasteiger partial charge in [0.1, 0.15) is 11.6 Å². The van der Waals surface area contributed by atoms with Crippen molar-refractivity contribution in [3.05, 3.63) is 146 Å². The zero-order valence-corrected chi connectivity index (χ0v) is 29.0. The number of nitrogens with one attached hydrogen (secondary N) is 2. The van der Waals surface area contributed by atoms with Gasteiger partial charge in [0.25, 0.3) is 5.91 Å². The van der Waals surface area contributed by atoms with Crippen molar-refractivity contribution in [2.45, 2.75) is 36.8 Å². The van der Waals surface area contributed by atoms with Crippen molar-refractivity contribution in [1.82, 2.24) is 10.9 Å². The zero-order valence-electron chi connectivity index (χ0n) is 26.6. The third kappa shape index (κ3) is 9.62. The molecule has 2 atom stereocenters. The van der Waals surface area contributed by atoms with Crippen molar-refractivity contribution in [2.75, 3.05) is 25.5 Å². The number of hydrogen-bond acceptors (Lipinski definition) is 8. The second-order valence-electron chi connectivity index (χ2n) is 11.2. The Bertz CT molecular complexity index is 1770. The van der Waals surface area contributed by atoms with Gasteiger partial charge in [0, 0.05) is 52.4 Å². The number of carbonyl (C=O) groups is 1. The van der Waals surface area contributed by atoms with Crippen LogP contribution in [-0.4, -0.2) is 48.0 Å². The Morgan fingerprint density at radius 1 is 1.06 bits per heavy atom. The van der Waals surface area contributed by atoms with Crippen LogP contribution in [0, 0.1) is 5.82 Å². The number of aliphatic hydroxyl groups excluding tert-OH is 1. The summed E-state index contributed by atoms with van der Waals surface area (Å²) in [6.45, 7) is 1.01. The van der Waals surface area contributed by atoms with E-state index in [1.54, 1.807) is 36.0 Å². The second-order valence-corrected chi connectivity index (χ2v) is 13.3. The Balaban J connectivity index is 1.44. The molecule has 4 aromatic carbocycles. The molecule has 0 saturated heterocycles. The highest BCUT2D eigenvalue weighted by atomic mass is 79.9. The molecule has 0 unspecified atom stereocenters. The number of carbonyl (C=O) groups excluding carboxylic acids is 1. The van der Waals surface area contributed by atoms with Crippen LogP contribution in [0.5, 0.6) is 5.75 Å². The highest BCUT2D eigenvalue weighted by molar-refractivity contribution is 9.10. The molecule has 49 heavy (non-hydrogen) atoms. The number of halogens is 2. The minimum absolute atomic E-state index is 0.0417. The molecule has 3 N–H and O–H groups in total. The summed E-state index contributed by atoms with van der Waals surface area (Å²) in [7, 11) is 0. The normalized spacial score (nSPS) is 16.7. The fourth-order valence-corrected chi connectivity index (χ4v) is 6.43. The Labute approximate surface area is 296 Å². The van der Waals surface area contributed by atoms with Crippen LogP contribution >= 0.6 is 27.7 Å². The van der Waals surface area contributed by atoms with Crippen LogP contribution in [0.15, 0.2) is 112 Å². The van der Waals surface area contributed by atoms with Crippen molar-refractivity contribution in [2.24, 2.45) is 10.1 Å². The standard InChI is InChI=1S/C36H36BrFN6O4S/c37-30-12-8-26(9-13-30)33-36(22-28-4-1-2-5-29(28)23-41-44-39,35(46)43-40-18-21-49-24-25-6-14-31(38)15-7-25)42-34(48-33)27-10-16-32(17-11-27)47-20-3-19-45/h1-2,4-17,33,40,45H,3,18-24H2,(H,43,46)/t33-,36-/m0/s1. The van der Waals surface area contributed by atoms with Crippen LogP contribution < -0.4 is 15.6 Å². The molecule has 1 aliphatic rings. The van der Waals surface area contributed by atoms with Crippen LogP contribution in [0.3, 0.4) is 0 Å². The Morgan fingerprint density at radius 3 is 2.51 bits per heavy atom. The Kier molecular flexibility index (Phi) is 13.1. The Hall–Kier alpha value is -4.39. The molecular formula is C36H36BrFN6O4S. The number of aliphatic imine (C=N–C) groups is 1. The first-order valence-corrected chi connectivity index (χ1v) is 17.7. The predicted molar refractivity (Wildman–Crippen MR) is 193 cm³/mol. The highest BCUT2D eigenvalue weighted by Crippen LogP contribution is 2.43. The first-order chi connectivity index (χ1) is 23.9. The molecule has 0 radical (unpaired) electrons. The van der Waals surface area contributed by atoms with E-state index in [0.717, 1.165) is 26.7 Å². The van der Waals surface area contributed by atoms with E-state index in [-0.39, 0.29) is 31.3 Å². The molecule has 5 rings (SSSR count). The van der Waals surface area contributed by atoms with Crippen LogP contribution in [0.25, 0.3) is 10.4 Å². The maximum Gasteiger partial charge on any atom is 0.266 e. The van der Waals surface area contributed by atoms with Crippen molar-refractivity contribution < 1.29 is 23.8 Å². The summed E-state index contributed by atoms with van der Waals surface area (Å²) in [5, 5.41) is 12.9. The highest BCUT2D eigenvalue weighted by Gasteiger charge is 2.53. The Morgan fingerprint density at radius 2 is 1.80 bits per heavy atom. The summed E-state index contributed by atoms with van der Waals surface area (Å²) in [5.41, 5.74) is 17.6. The van der Waals surface area contributed by atoms with Crippen LogP contribution in [0.2, 0.25) is 0 Å². The lowest BCUT2D eigenvalue weighted by molar-refractivity contribution is -0.130. The van der Waals surface area contributed by atoms with Gasteiger partial charge in [0.2, 0.25) is 5.90 Å². The molecule has 0 aromatic heterocycles. The molecule has 254 valence electrons. The second kappa shape index (κ2) is 17.8. The van der Waals surface area contributed by atoms with Gasteiger partial charge in [0.05, 0.1) is 13.2 Å². The van der Waals surface area contributed by atoms with E-state index in [1.807, 2.05) is 60.7 Å². The fourth-order valence-electron chi connectivity index (χ4n) is 5.35. The van der Waals surface area contributed by atoms with E-state index in [0.29, 0.717) is 48.3 Å². The maximum atomic E-state index is 14.5. The number of hydrogen-bond donors (Lipinski definition) is 3. The molecule has 13 heteroatoms. The summed E-state index contributed by atoms with van der Waals surface area (Å²) in [6, 6.07) is 28.8. The average Bonchev–Trinajstić information content (AvgIpc) is 3.51. The van der Waals surface area contributed by atoms with Gasteiger partial charge in [-0.05, 0) is 76.3 Å². The van der Waals surface area contributed by atoms with Crippen molar-refractivity contribution in [1.29, 1.82) is 0 Å². The van der Waals surface area contributed by atoms with E-state index in [9.17, 15) is 9.18 Å². The third-order valence-corrected chi connectivity index (χ3v) is 9.40. The van der Waals surface area contributed by atoms with Gasteiger partial charge in [-0.15, -0.1) is 0 Å². The monoisotopic (exact) mass is 746 g/mol. The zero-order chi connectivity index (χ0) is 34.5. The number of aliphatic hydroxyl groups is 1. The van der Waals surface area contributed by atoms with Gasteiger partial charge in [-0.25, -0.2) is 14.8 Å². The topological polar surface area (TPSA) is 141 Å². The molecule has 0 saturated carbocycles. The summed E-state index contributed by atoms with van der Waals surface area (Å²) in [6.07, 6.45) is -0.131. The quantitative estimate of drug-likeness (QED) is 0.0343. The van der Waals surface area contributed by atoms with E-state index in [1.165, 1.54) is 12.1 Å². The molecule has 1 amide bonds. The summed E-state index contributed by atoms with van der Waals surface area (Å²) in [4.78, 5) is 22.5. The van der Waals surface area contributed by atoms with Crippen molar-refractivity contribution in [3.63, 3.8) is 0 Å². The largest absolute Gasteiger partial charge is 0.494 e. The molecule has 0 bridgehead atoms. The smallest absolute Gasteiger partial charge is 0.266 e. The van der Waals surface area contributed by atoms with Gasteiger partial charge in [-0.2, -0.15) is 11.8 Å². The molecular weight excluding hydrogens is 711 g/mol. The van der Waals surface area contributed by atoms with Gasteiger partial charge in [0.15, 0.2) is 11.6 Å². The molecule has 1 aliphatic heterocycles. The molecule has 4 aromatic rings. The maximum absolute atomic E-state index is 14.5. The van der Waals surface area contributed by atoms with Crippen LogP contribution in [0.1, 0.15) is 40.3 Å². The number of benzene rings is 4.